The zero-order valence-corrected chi connectivity index (χ0v) is 9.85. The van der Waals surface area contributed by atoms with E-state index < -0.39 is 12.0 Å². The van der Waals surface area contributed by atoms with Crippen LogP contribution in [-0.4, -0.2) is 27.9 Å². The summed E-state index contributed by atoms with van der Waals surface area (Å²) in [5.41, 5.74) is 0.846. The molecule has 1 aromatic carbocycles. The average molecular weight is 254 g/mol. The van der Waals surface area contributed by atoms with Crippen LogP contribution in [0.4, 0.5) is 0 Å². The van der Waals surface area contributed by atoms with Gasteiger partial charge >= 0.3 is 5.97 Å². The molecule has 1 N–H and O–H groups in total. The van der Waals surface area contributed by atoms with Crippen molar-refractivity contribution < 1.29 is 14.7 Å². The summed E-state index contributed by atoms with van der Waals surface area (Å²) in [5.74, 6) is -1.06. The number of carbonyl (C=O) groups excluding carboxylic acids is 1. The monoisotopic (exact) mass is 253 g/mol. The van der Waals surface area contributed by atoms with Gasteiger partial charge in [0.2, 0.25) is 5.91 Å². The summed E-state index contributed by atoms with van der Waals surface area (Å²) in [6.45, 7) is 0.302. The van der Waals surface area contributed by atoms with E-state index in [1.807, 2.05) is 6.07 Å². The zero-order chi connectivity index (χ0) is 12.4. The van der Waals surface area contributed by atoms with Crippen LogP contribution in [0.2, 0.25) is 5.02 Å². The molecule has 0 unspecified atom stereocenters. The number of benzene rings is 1. The maximum absolute atomic E-state index is 11.6. The van der Waals surface area contributed by atoms with Crippen molar-refractivity contribution in [3.8, 4) is 0 Å². The summed E-state index contributed by atoms with van der Waals surface area (Å²) < 4.78 is 0. The summed E-state index contributed by atoms with van der Waals surface area (Å²) in [5, 5.41) is 9.60. The van der Waals surface area contributed by atoms with E-state index in [4.69, 9.17) is 16.7 Å². The highest BCUT2D eigenvalue weighted by atomic mass is 35.5. The highest BCUT2D eigenvalue weighted by Gasteiger charge is 2.35. The van der Waals surface area contributed by atoms with Crippen LogP contribution < -0.4 is 0 Å². The topological polar surface area (TPSA) is 57.6 Å². The lowest BCUT2D eigenvalue weighted by Crippen LogP contribution is -2.37. The Morgan fingerprint density at radius 3 is 2.94 bits per heavy atom. The molecule has 0 aliphatic carbocycles. The number of rotatable bonds is 3. The van der Waals surface area contributed by atoms with Gasteiger partial charge in [0, 0.05) is 18.0 Å². The highest BCUT2D eigenvalue weighted by Crippen LogP contribution is 2.22. The summed E-state index contributed by atoms with van der Waals surface area (Å²) in [7, 11) is 0. The minimum absolute atomic E-state index is 0.114. The van der Waals surface area contributed by atoms with E-state index in [0.717, 1.165) is 5.56 Å². The SMILES string of the molecule is O=C(O)[C@H]1CCC(=O)N1Cc1cccc(Cl)c1. The second-order valence-corrected chi connectivity index (χ2v) is 4.48. The van der Waals surface area contributed by atoms with Crippen LogP contribution in [0.5, 0.6) is 0 Å². The first kappa shape index (κ1) is 11.9. The molecule has 1 atom stereocenters. The fraction of sp³-hybridized carbons (Fsp3) is 0.333. The van der Waals surface area contributed by atoms with Crippen LogP contribution in [-0.2, 0) is 16.1 Å². The Hall–Kier alpha value is -1.55. The summed E-state index contributed by atoms with van der Waals surface area (Å²) >= 11 is 5.85. The molecular weight excluding hydrogens is 242 g/mol. The molecule has 1 heterocycles. The van der Waals surface area contributed by atoms with Crippen molar-refractivity contribution in [3.63, 3.8) is 0 Å². The summed E-state index contributed by atoms with van der Waals surface area (Å²) in [6.07, 6.45) is 0.687. The lowest BCUT2D eigenvalue weighted by Gasteiger charge is -2.21. The third-order valence-corrected chi connectivity index (χ3v) is 3.09. The number of carboxylic acids is 1. The molecular formula is C12H12ClNO3. The maximum atomic E-state index is 11.6. The van der Waals surface area contributed by atoms with E-state index in [1.54, 1.807) is 18.2 Å². The molecule has 1 amide bonds. The predicted molar refractivity (Wildman–Crippen MR) is 62.7 cm³/mol. The Bertz CT molecular complexity index is 461. The van der Waals surface area contributed by atoms with Gasteiger partial charge < -0.3 is 10.0 Å². The number of likely N-dealkylation sites (tertiary alicyclic amines) is 1. The van der Waals surface area contributed by atoms with Gasteiger partial charge in [-0.3, -0.25) is 4.79 Å². The van der Waals surface area contributed by atoms with Crippen molar-refractivity contribution in [1.82, 2.24) is 4.90 Å². The Labute approximate surface area is 104 Å². The fourth-order valence-electron chi connectivity index (χ4n) is 2.02. The van der Waals surface area contributed by atoms with E-state index in [0.29, 0.717) is 24.4 Å². The molecule has 90 valence electrons. The third-order valence-electron chi connectivity index (χ3n) is 2.86. The van der Waals surface area contributed by atoms with Crippen LogP contribution in [0.25, 0.3) is 0 Å². The lowest BCUT2D eigenvalue weighted by molar-refractivity contribution is -0.146. The van der Waals surface area contributed by atoms with Gasteiger partial charge in [0.05, 0.1) is 0 Å². The molecule has 0 saturated carbocycles. The van der Waals surface area contributed by atoms with Gasteiger partial charge in [-0.2, -0.15) is 0 Å². The second-order valence-electron chi connectivity index (χ2n) is 4.04. The first-order valence-electron chi connectivity index (χ1n) is 5.34. The quantitative estimate of drug-likeness (QED) is 0.895. The third kappa shape index (κ3) is 2.58. The smallest absolute Gasteiger partial charge is 0.326 e. The van der Waals surface area contributed by atoms with Gasteiger partial charge in [0.1, 0.15) is 6.04 Å². The minimum atomic E-state index is -0.946. The van der Waals surface area contributed by atoms with Gasteiger partial charge in [-0.15, -0.1) is 0 Å². The molecule has 5 heteroatoms. The van der Waals surface area contributed by atoms with Crippen molar-refractivity contribution in [3.05, 3.63) is 34.9 Å². The van der Waals surface area contributed by atoms with E-state index in [9.17, 15) is 9.59 Å². The molecule has 4 nitrogen and oxygen atoms in total. The minimum Gasteiger partial charge on any atom is -0.480 e. The second kappa shape index (κ2) is 4.75. The standard InChI is InChI=1S/C12H12ClNO3/c13-9-3-1-2-8(6-9)7-14-10(12(16)17)4-5-11(14)15/h1-3,6,10H,4-5,7H2,(H,16,17)/t10-/m1/s1. The predicted octanol–water partition coefficient (Wildman–Crippen LogP) is 1.92. The molecule has 1 aliphatic rings. The van der Waals surface area contributed by atoms with Crippen molar-refractivity contribution in [2.45, 2.75) is 25.4 Å². The van der Waals surface area contributed by atoms with Gasteiger partial charge in [-0.25, -0.2) is 4.79 Å². The van der Waals surface area contributed by atoms with E-state index in [2.05, 4.69) is 0 Å². The van der Waals surface area contributed by atoms with Crippen molar-refractivity contribution in [1.29, 1.82) is 0 Å². The number of aliphatic carboxylic acids is 1. The number of hydrogen-bond donors (Lipinski definition) is 1. The zero-order valence-electron chi connectivity index (χ0n) is 9.10. The number of carboxylic acid groups (broad SMARTS) is 1. The van der Waals surface area contributed by atoms with Crippen molar-refractivity contribution in [2.24, 2.45) is 0 Å². The normalized spacial score (nSPS) is 19.7. The highest BCUT2D eigenvalue weighted by molar-refractivity contribution is 6.30. The van der Waals surface area contributed by atoms with Crippen molar-refractivity contribution >= 4 is 23.5 Å². The van der Waals surface area contributed by atoms with E-state index in [1.165, 1.54) is 4.90 Å². The average Bonchev–Trinajstić information content (AvgIpc) is 2.61. The molecule has 0 bridgehead atoms. The van der Waals surface area contributed by atoms with Gasteiger partial charge in [0.25, 0.3) is 0 Å². The molecule has 0 radical (unpaired) electrons. The Balaban J connectivity index is 2.16. The van der Waals surface area contributed by atoms with Crippen LogP contribution in [0.15, 0.2) is 24.3 Å². The van der Waals surface area contributed by atoms with Gasteiger partial charge in [-0.1, -0.05) is 23.7 Å². The van der Waals surface area contributed by atoms with Crippen LogP contribution >= 0.6 is 11.6 Å². The molecule has 1 aromatic rings. The van der Waals surface area contributed by atoms with Gasteiger partial charge in [0.15, 0.2) is 0 Å². The lowest BCUT2D eigenvalue weighted by atomic mass is 10.2. The van der Waals surface area contributed by atoms with Crippen LogP contribution in [0.1, 0.15) is 18.4 Å². The molecule has 1 saturated heterocycles. The van der Waals surface area contributed by atoms with E-state index in [-0.39, 0.29) is 5.91 Å². The molecule has 1 fully saturated rings. The fourth-order valence-corrected chi connectivity index (χ4v) is 2.23. The number of carbonyl (C=O) groups is 2. The van der Waals surface area contributed by atoms with Crippen molar-refractivity contribution in [2.75, 3.05) is 0 Å². The molecule has 1 aliphatic heterocycles. The van der Waals surface area contributed by atoms with Crippen LogP contribution in [0.3, 0.4) is 0 Å². The number of nitrogens with zero attached hydrogens (tertiary/aromatic N) is 1. The first-order chi connectivity index (χ1) is 8.08. The number of hydrogen-bond acceptors (Lipinski definition) is 2. The summed E-state index contributed by atoms with van der Waals surface area (Å²) in [6, 6.07) is 6.39. The van der Waals surface area contributed by atoms with E-state index >= 15 is 0 Å². The Morgan fingerprint density at radius 2 is 2.29 bits per heavy atom. The Kier molecular flexibility index (Phi) is 3.33. The van der Waals surface area contributed by atoms with Gasteiger partial charge in [-0.05, 0) is 24.1 Å². The molecule has 0 aromatic heterocycles. The number of amides is 1. The molecule has 0 spiro atoms. The summed E-state index contributed by atoms with van der Waals surface area (Å²) in [4.78, 5) is 24.0. The largest absolute Gasteiger partial charge is 0.480 e. The maximum Gasteiger partial charge on any atom is 0.326 e. The molecule has 17 heavy (non-hydrogen) atoms. The Morgan fingerprint density at radius 1 is 1.53 bits per heavy atom. The first-order valence-corrected chi connectivity index (χ1v) is 5.72. The van der Waals surface area contributed by atoms with Crippen LogP contribution in [0, 0.1) is 0 Å². The number of halogens is 1. The molecule has 2 rings (SSSR count).